The molecule has 0 saturated carbocycles. The fourth-order valence-corrected chi connectivity index (χ4v) is 5.86. The SMILES string of the molecule is Cc1sc2nc(C)n(CC(=O)Nc3sc4c(c3C#N)CCC4)c(=O)c2c1C. The predicted octanol–water partition coefficient (Wildman–Crippen LogP) is 3.44. The van der Waals surface area contributed by atoms with Crippen molar-refractivity contribution in [3.63, 3.8) is 0 Å². The molecule has 1 aliphatic rings. The Labute approximate surface area is 164 Å². The van der Waals surface area contributed by atoms with Gasteiger partial charge >= 0.3 is 0 Å². The molecule has 3 aromatic heterocycles. The van der Waals surface area contributed by atoms with Gasteiger partial charge in [-0.3, -0.25) is 14.2 Å². The molecule has 0 saturated heterocycles. The fraction of sp³-hybridized carbons (Fsp3) is 0.368. The summed E-state index contributed by atoms with van der Waals surface area (Å²) in [4.78, 5) is 33.0. The Balaban J connectivity index is 1.65. The summed E-state index contributed by atoms with van der Waals surface area (Å²) in [6, 6.07) is 2.22. The van der Waals surface area contributed by atoms with Crippen molar-refractivity contribution in [2.75, 3.05) is 5.32 Å². The molecular formula is C19H18N4O2S2. The Morgan fingerprint density at radius 2 is 2.07 bits per heavy atom. The number of carbonyl (C=O) groups is 1. The van der Waals surface area contributed by atoms with Gasteiger partial charge in [-0.2, -0.15) is 5.26 Å². The minimum Gasteiger partial charge on any atom is -0.315 e. The number of aromatic nitrogens is 2. The maximum Gasteiger partial charge on any atom is 0.263 e. The molecule has 1 amide bonds. The number of nitrogens with zero attached hydrogens (tertiary/aromatic N) is 3. The smallest absolute Gasteiger partial charge is 0.263 e. The maximum absolute atomic E-state index is 12.9. The lowest BCUT2D eigenvalue weighted by molar-refractivity contribution is -0.116. The van der Waals surface area contributed by atoms with E-state index in [9.17, 15) is 14.9 Å². The van der Waals surface area contributed by atoms with E-state index in [2.05, 4.69) is 16.4 Å². The van der Waals surface area contributed by atoms with Crippen LogP contribution in [0.1, 0.15) is 38.7 Å². The third-order valence-corrected chi connectivity index (χ3v) is 7.38. The molecule has 1 aliphatic carbocycles. The zero-order valence-corrected chi connectivity index (χ0v) is 16.9. The summed E-state index contributed by atoms with van der Waals surface area (Å²) in [5.74, 6) is 0.195. The number of hydrogen-bond donors (Lipinski definition) is 1. The number of nitrogens with one attached hydrogen (secondary N) is 1. The van der Waals surface area contributed by atoms with Gasteiger partial charge in [0.1, 0.15) is 28.3 Å². The monoisotopic (exact) mass is 398 g/mol. The van der Waals surface area contributed by atoms with Crippen LogP contribution in [-0.2, 0) is 24.2 Å². The summed E-state index contributed by atoms with van der Waals surface area (Å²) < 4.78 is 1.41. The molecule has 6 nitrogen and oxygen atoms in total. The van der Waals surface area contributed by atoms with E-state index < -0.39 is 0 Å². The normalized spacial score (nSPS) is 13.0. The van der Waals surface area contributed by atoms with Gasteiger partial charge in [-0.1, -0.05) is 0 Å². The molecule has 0 aromatic carbocycles. The van der Waals surface area contributed by atoms with E-state index in [1.807, 2.05) is 13.8 Å². The lowest BCUT2D eigenvalue weighted by Gasteiger charge is -2.10. The van der Waals surface area contributed by atoms with Crippen LogP contribution in [0, 0.1) is 32.1 Å². The zero-order chi connectivity index (χ0) is 19.3. The van der Waals surface area contributed by atoms with Crippen molar-refractivity contribution in [3.8, 4) is 6.07 Å². The van der Waals surface area contributed by atoms with E-state index in [1.54, 1.807) is 6.92 Å². The Bertz CT molecular complexity index is 1190. The van der Waals surface area contributed by atoms with Crippen molar-refractivity contribution in [3.05, 3.63) is 42.6 Å². The van der Waals surface area contributed by atoms with Crippen molar-refractivity contribution in [1.82, 2.24) is 9.55 Å². The number of aryl methyl sites for hydroxylation is 4. The molecule has 0 unspecified atom stereocenters. The largest absolute Gasteiger partial charge is 0.315 e. The molecular weight excluding hydrogens is 380 g/mol. The van der Waals surface area contributed by atoms with E-state index in [4.69, 9.17) is 0 Å². The Hall–Kier alpha value is -2.50. The fourth-order valence-electron chi connectivity index (χ4n) is 3.54. The van der Waals surface area contributed by atoms with Crippen LogP contribution in [0.4, 0.5) is 5.00 Å². The highest BCUT2D eigenvalue weighted by atomic mass is 32.1. The van der Waals surface area contributed by atoms with Crippen molar-refractivity contribution in [1.29, 1.82) is 5.26 Å². The number of amides is 1. The van der Waals surface area contributed by atoms with Crippen LogP contribution in [0.5, 0.6) is 0 Å². The van der Waals surface area contributed by atoms with E-state index in [1.165, 1.54) is 32.1 Å². The minimum absolute atomic E-state index is 0.116. The molecule has 8 heteroatoms. The number of hydrogen-bond acceptors (Lipinski definition) is 6. The molecule has 0 bridgehead atoms. The van der Waals surface area contributed by atoms with E-state index in [-0.39, 0.29) is 18.0 Å². The molecule has 0 aliphatic heterocycles. The van der Waals surface area contributed by atoms with Gasteiger partial charge in [0.15, 0.2) is 0 Å². The topological polar surface area (TPSA) is 87.8 Å². The molecule has 4 rings (SSSR count). The Morgan fingerprint density at radius 1 is 1.30 bits per heavy atom. The van der Waals surface area contributed by atoms with Gasteiger partial charge in [0, 0.05) is 9.75 Å². The van der Waals surface area contributed by atoms with E-state index >= 15 is 0 Å². The molecule has 0 fully saturated rings. The summed E-state index contributed by atoms with van der Waals surface area (Å²) >= 11 is 2.97. The van der Waals surface area contributed by atoms with Crippen molar-refractivity contribution in [2.24, 2.45) is 0 Å². The first-order chi connectivity index (χ1) is 12.9. The van der Waals surface area contributed by atoms with E-state index in [0.717, 1.165) is 35.3 Å². The van der Waals surface area contributed by atoms with Gasteiger partial charge in [0.25, 0.3) is 5.56 Å². The Morgan fingerprint density at radius 3 is 2.81 bits per heavy atom. The molecule has 3 heterocycles. The van der Waals surface area contributed by atoms with Crippen LogP contribution in [0.3, 0.4) is 0 Å². The molecule has 3 aromatic rings. The summed E-state index contributed by atoms with van der Waals surface area (Å²) in [6.07, 6.45) is 2.91. The third-order valence-electron chi connectivity index (χ3n) is 5.07. The van der Waals surface area contributed by atoms with Gasteiger partial charge in [0.2, 0.25) is 5.91 Å². The first-order valence-electron chi connectivity index (χ1n) is 8.72. The van der Waals surface area contributed by atoms with Crippen molar-refractivity contribution < 1.29 is 4.79 Å². The van der Waals surface area contributed by atoms with Gasteiger partial charge in [-0.05, 0) is 51.2 Å². The van der Waals surface area contributed by atoms with Gasteiger partial charge < -0.3 is 5.32 Å². The summed E-state index contributed by atoms with van der Waals surface area (Å²) in [5.41, 5.74) is 2.37. The lowest BCUT2D eigenvalue weighted by Crippen LogP contribution is -2.30. The van der Waals surface area contributed by atoms with Crippen LogP contribution in [-0.4, -0.2) is 15.5 Å². The molecule has 1 N–H and O–H groups in total. The number of thiophene rings is 2. The Kier molecular flexibility index (Phi) is 4.36. The van der Waals surface area contributed by atoms with Crippen LogP contribution < -0.4 is 10.9 Å². The van der Waals surface area contributed by atoms with Gasteiger partial charge in [-0.25, -0.2) is 4.98 Å². The number of rotatable bonds is 3. The second kappa shape index (κ2) is 6.59. The average Bonchev–Trinajstić information content (AvgIpc) is 3.25. The molecule has 0 radical (unpaired) electrons. The summed E-state index contributed by atoms with van der Waals surface area (Å²) in [7, 11) is 0. The number of nitriles is 1. The van der Waals surface area contributed by atoms with Crippen molar-refractivity contribution >= 4 is 43.8 Å². The highest BCUT2D eigenvalue weighted by Gasteiger charge is 2.23. The van der Waals surface area contributed by atoms with Gasteiger partial charge in [0.05, 0.1) is 10.9 Å². The highest BCUT2D eigenvalue weighted by molar-refractivity contribution is 7.18. The standard InChI is InChI=1S/C19H18N4O2S2/c1-9-10(2)26-18-16(9)19(25)23(11(3)21-18)8-15(24)22-17-13(7-20)12-5-4-6-14(12)27-17/h4-6,8H2,1-3H3,(H,22,24). The molecule has 0 atom stereocenters. The first kappa shape index (κ1) is 17.9. The number of anilines is 1. The highest BCUT2D eigenvalue weighted by Crippen LogP contribution is 2.38. The number of carbonyl (C=O) groups excluding carboxylic acids is 1. The van der Waals surface area contributed by atoms with Crippen LogP contribution >= 0.6 is 22.7 Å². The number of fused-ring (bicyclic) bond motifs is 2. The van der Waals surface area contributed by atoms with Gasteiger partial charge in [-0.15, -0.1) is 22.7 Å². The lowest BCUT2D eigenvalue weighted by atomic mass is 10.1. The summed E-state index contributed by atoms with van der Waals surface area (Å²) in [5, 5.41) is 13.5. The summed E-state index contributed by atoms with van der Waals surface area (Å²) in [6.45, 7) is 5.49. The molecule has 138 valence electrons. The maximum atomic E-state index is 12.9. The second-order valence-corrected chi connectivity index (χ2v) is 9.04. The minimum atomic E-state index is -0.317. The first-order valence-corrected chi connectivity index (χ1v) is 10.4. The van der Waals surface area contributed by atoms with Crippen LogP contribution in [0.2, 0.25) is 0 Å². The van der Waals surface area contributed by atoms with Crippen LogP contribution in [0.15, 0.2) is 4.79 Å². The van der Waals surface area contributed by atoms with E-state index in [0.29, 0.717) is 26.6 Å². The van der Waals surface area contributed by atoms with Crippen molar-refractivity contribution in [2.45, 2.75) is 46.6 Å². The average molecular weight is 399 g/mol. The molecule has 27 heavy (non-hydrogen) atoms. The molecule has 0 spiro atoms. The predicted molar refractivity (Wildman–Crippen MR) is 108 cm³/mol. The zero-order valence-electron chi connectivity index (χ0n) is 15.3. The third kappa shape index (κ3) is 2.87. The van der Waals surface area contributed by atoms with Crippen LogP contribution in [0.25, 0.3) is 10.2 Å². The quantitative estimate of drug-likeness (QED) is 0.732. The second-order valence-electron chi connectivity index (χ2n) is 6.74.